The van der Waals surface area contributed by atoms with Crippen molar-refractivity contribution in [3.05, 3.63) is 12.2 Å². The highest BCUT2D eigenvalue weighted by Gasteiger charge is 2.28. The van der Waals surface area contributed by atoms with Gasteiger partial charge in [-0.3, -0.25) is 9.63 Å². The molecule has 0 unspecified atom stereocenters. The number of carboxylic acids is 1. The van der Waals surface area contributed by atoms with Crippen molar-refractivity contribution >= 4 is 11.9 Å². The Labute approximate surface area is 76.1 Å². The Kier molecular flexibility index (Phi) is 4.64. The second kappa shape index (κ2) is 5.22. The molecule has 0 bridgehead atoms. The van der Waals surface area contributed by atoms with Gasteiger partial charge in [0.05, 0.1) is 0 Å². The van der Waals surface area contributed by atoms with Crippen molar-refractivity contribution in [2.75, 3.05) is 6.61 Å². The Morgan fingerprint density at radius 2 is 1.93 bits per heavy atom. The van der Waals surface area contributed by atoms with Crippen molar-refractivity contribution in [1.29, 1.82) is 0 Å². The van der Waals surface area contributed by atoms with E-state index < -0.39 is 24.7 Å². The van der Waals surface area contributed by atoms with Crippen molar-refractivity contribution in [2.45, 2.75) is 6.18 Å². The number of hydroxylamine groups is 1. The van der Waals surface area contributed by atoms with Crippen LogP contribution in [0, 0.1) is 0 Å². The van der Waals surface area contributed by atoms with E-state index in [1.54, 1.807) is 0 Å². The molecule has 1 amide bonds. The predicted molar refractivity (Wildman–Crippen MR) is 36.9 cm³/mol. The Hall–Kier alpha value is -1.57. The van der Waals surface area contributed by atoms with Gasteiger partial charge >= 0.3 is 12.1 Å². The molecule has 0 aromatic carbocycles. The molecule has 0 heterocycles. The van der Waals surface area contributed by atoms with Crippen LogP contribution < -0.4 is 5.48 Å². The first-order valence-electron chi connectivity index (χ1n) is 3.21. The Morgan fingerprint density at radius 3 is 2.36 bits per heavy atom. The quantitative estimate of drug-likeness (QED) is 0.518. The van der Waals surface area contributed by atoms with Crippen molar-refractivity contribution in [3.8, 4) is 0 Å². The number of alkyl halides is 3. The first-order chi connectivity index (χ1) is 6.31. The summed E-state index contributed by atoms with van der Waals surface area (Å²) in [5.41, 5.74) is 1.39. The van der Waals surface area contributed by atoms with Gasteiger partial charge in [-0.25, -0.2) is 10.3 Å². The Balaban J connectivity index is 3.71. The first kappa shape index (κ1) is 12.4. The molecule has 5 nitrogen and oxygen atoms in total. The summed E-state index contributed by atoms with van der Waals surface area (Å²) in [5.74, 6) is -2.48. The lowest BCUT2D eigenvalue weighted by Crippen LogP contribution is -2.28. The normalized spacial score (nSPS) is 11.6. The molecule has 0 aliphatic rings. The summed E-state index contributed by atoms with van der Waals surface area (Å²) >= 11 is 0. The van der Waals surface area contributed by atoms with E-state index in [4.69, 9.17) is 5.11 Å². The zero-order valence-corrected chi connectivity index (χ0v) is 6.67. The van der Waals surface area contributed by atoms with E-state index >= 15 is 0 Å². The van der Waals surface area contributed by atoms with E-state index in [2.05, 4.69) is 4.84 Å². The molecule has 0 aromatic rings. The molecule has 0 saturated heterocycles. The highest BCUT2D eigenvalue weighted by molar-refractivity contribution is 5.93. The fourth-order valence-electron chi connectivity index (χ4n) is 0.370. The molecule has 0 spiro atoms. The summed E-state index contributed by atoms with van der Waals surface area (Å²) in [4.78, 5) is 24.1. The van der Waals surface area contributed by atoms with Crippen molar-refractivity contribution in [1.82, 2.24) is 5.48 Å². The van der Waals surface area contributed by atoms with Crippen LogP contribution in [0.5, 0.6) is 0 Å². The highest BCUT2D eigenvalue weighted by Crippen LogP contribution is 2.13. The van der Waals surface area contributed by atoms with Crippen LogP contribution in [0.3, 0.4) is 0 Å². The molecule has 0 aliphatic heterocycles. The molecule has 80 valence electrons. The van der Waals surface area contributed by atoms with Crippen LogP contribution in [0.2, 0.25) is 0 Å². The lowest BCUT2D eigenvalue weighted by Gasteiger charge is -2.05. The van der Waals surface area contributed by atoms with Gasteiger partial charge in [0, 0.05) is 12.2 Å². The number of hydrogen-bond acceptors (Lipinski definition) is 3. The molecule has 2 N–H and O–H groups in total. The number of aliphatic carboxylic acids is 1. The number of carbonyl (C=O) groups excluding carboxylic acids is 1. The molecule has 0 aromatic heterocycles. The van der Waals surface area contributed by atoms with Gasteiger partial charge in [-0.05, 0) is 0 Å². The van der Waals surface area contributed by atoms with Crippen LogP contribution in [0.15, 0.2) is 12.2 Å². The molecule has 0 atom stereocenters. The lowest BCUT2D eigenvalue weighted by molar-refractivity contribution is -0.190. The third-order valence-corrected chi connectivity index (χ3v) is 0.786. The fourth-order valence-corrected chi connectivity index (χ4v) is 0.370. The zero-order valence-electron chi connectivity index (χ0n) is 6.67. The predicted octanol–water partition coefficient (Wildman–Crippen LogP) is 0.237. The largest absolute Gasteiger partial charge is 0.478 e. The molecule has 14 heavy (non-hydrogen) atoms. The van der Waals surface area contributed by atoms with E-state index in [1.165, 1.54) is 5.48 Å². The number of nitrogens with one attached hydrogen (secondary N) is 1. The number of carboxylic acid groups (broad SMARTS) is 1. The van der Waals surface area contributed by atoms with Crippen LogP contribution in [0.1, 0.15) is 0 Å². The fraction of sp³-hybridized carbons (Fsp3) is 0.333. The third kappa shape index (κ3) is 8.53. The van der Waals surface area contributed by atoms with E-state index in [9.17, 15) is 22.8 Å². The van der Waals surface area contributed by atoms with Gasteiger partial charge in [0.2, 0.25) is 0 Å². The molecule has 0 aliphatic carbocycles. The van der Waals surface area contributed by atoms with Crippen LogP contribution >= 0.6 is 0 Å². The average Bonchev–Trinajstić information content (AvgIpc) is 1.98. The average molecular weight is 213 g/mol. The van der Waals surface area contributed by atoms with Gasteiger partial charge in [-0.2, -0.15) is 13.2 Å². The van der Waals surface area contributed by atoms with E-state index in [1.807, 2.05) is 0 Å². The molecular weight excluding hydrogens is 207 g/mol. The number of carbonyl (C=O) groups is 2. The minimum atomic E-state index is -4.55. The molecule has 8 heteroatoms. The number of amides is 1. The maximum atomic E-state index is 11.4. The summed E-state index contributed by atoms with van der Waals surface area (Å²) < 4.78 is 34.3. The summed E-state index contributed by atoms with van der Waals surface area (Å²) in [5, 5.41) is 8.03. The molecule has 0 radical (unpaired) electrons. The number of halogens is 3. The standard InChI is InChI=1S/C6H6F3NO4/c7-6(8,9)3-14-10-4(11)1-2-5(12)13/h1-2H,3H2,(H,10,11)(H,12,13)/b2-1+. The van der Waals surface area contributed by atoms with Gasteiger partial charge < -0.3 is 5.11 Å². The molecule has 0 saturated carbocycles. The van der Waals surface area contributed by atoms with E-state index in [0.29, 0.717) is 12.2 Å². The number of hydrogen-bond donors (Lipinski definition) is 2. The second-order valence-corrected chi connectivity index (χ2v) is 2.04. The SMILES string of the molecule is O=C(O)/C=C/C(=O)NOCC(F)(F)F. The minimum Gasteiger partial charge on any atom is -0.478 e. The van der Waals surface area contributed by atoms with Crippen LogP contribution in [0.4, 0.5) is 13.2 Å². The summed E-state index contributed by atoms with van der Waals surface area (Å²) in [6, 6.07) is 0. The molecule has 0 fully saturated rings. The Bertz CT molecular complexity index is 248. The maximum Gasteiger partial charge on any atom is 0.414 e. The van der Waals surface area contributed by atoms with Gasteiger partial charge in [0.15, 0.2) is 6.61 Å². The molecular formula is C6H6F3NO4. The summed E-state index contributed by atoms with van der Waals surface area (Å²) in [6.45, 7) is -1.64. The van der Waals surface area contributed by atoms with Crippen molar-refractivity contribution < 1.29 is 32.7 Å². The topological polar surface area (TPSA) is 75.6 Å². The molecule has 0 rings (SSSR count). The second-order valence-electron chi connectivity index (χ2n) is 2.04. The summed E-state index contributed by atoms with van der Waals surface area (Å²) in [7, 11) is 0. The minimum absolute atomic E-state index is 0.465. The monoisotopic (exact) mass is 213 g/mol. The summed E-state index contributed by atoms with van der Waals surface area (Å²) in [6.07, 6.45) is -3.56. The maximum absolute atomic E-state index is 11.4. The van der Waals surface area contributed by atoms with Crippen LogP contribution in [-0.4, -0.2) is 29.8 Å². The van der Waals surface area contributed by atoms with E-state index in [0.717, 1.165) is 0 Å². The Morgan fingerprint density at radius 1 is 1.36 bits per heavy atom. The van der Waals surface area contributed by atoms with Crippen molar-refractivity contribution in [3.63, 3.8) is 0 Å². The smallest absolute Gasteiger partial charge is 0.414 e. The third-order valence-electron chi connectivity index (χ3n) is 0.786. The van der Waals surface area contributed by atoms with Gasteiger partial charge in [-0.1, -0.05) is 0 Å². The first-order valence-corrected chi connectivity index (χ1v) is 3.21. The number of rotatable bonds is 4. The van der Waals surface area contributed by atoms with Crippen LogP contribution in [-0.2, 0) is 14.4 Å². The van der Waals surface area contributed by atoms with Gasteiger partial charge in [-0.15, -0.1) is 0 Å². The van der Waals surface area contributed by atoms with E-state index in [-0.39, 0.29) is 0 Å². The van der Waals surface area contributed by atoms with Gasteiger partial charge in [0.25, 0.3) is 5.91 Å². The highest BCUT2D eigenvalue weighted by atomic mass is 19.4. The van der Waals surface area contributed by atoms with Crippen molar-refractivity contribution in [2.24, 2.45) is 0 Å². The van der Waals surface area contributed by atoms with Gasteiger partial charge in [0.1, 0.15) is 0 Å². The zero-order chi connectivity index (χ0) is 11.2. The van der Waals surface area contributed by atoms with Crippen LogP contribution in [0.25, 0.3) is 0 Å². The lowest BCUT2D eigenvalue weighted by atomic mass is 10.5.